The number of nitrogens with zero attached hydrogens (tertiary/aromatic N) is 8. The van der Waals surface area contributed by atoms with Crippen molar-refractivity contribution in [3.8, 4) is 5.82 Å². The Morgan fingerprint density at radius 1 is 1.12 bits per heavy atom. The SMILES string of the molecule is FC(F)Cn1ncc2ncc(-n3cc4c(n3)CCN(c3ncccc3C(F)(F)F)C4)nc21. The number of rotatable bonds is 4. The minimum Gasteiger partial charge on any atom is -0.351 e. The molecule has 0 saturated carbocycles. The van der Waals surface area contributed by atoms with E-state index in [1.807, 2.05) is 0 Å². The minimum atomic E-state index is -4.51. The smallest absolute Gasteiger partial charge is 0.351 e. The van der Waals surface area contributed by atoms with Crippen LogP contribution in [-0.2, 0) is 25.7 Å². The highest BCUT2D eigenvalue weighted by molar-refractivity contribution is 5.70. The molecule has 1 aliphatic heterocycles. The van der Waals surface area contributed by atoms with Gasteiger partial charge < -0.3 is 4.90 Å². The monoisotopic (exact) mass is 450 g/mol. The molecule has 5 rings (SSSR count). The predicted octanol–water partition coefficient (Wildman–Crippen LogP) is 3.25. The van der Waals surface area contributed by atoms with Gasteiger partial charge in [0.05, 0.1) is 23.7 Å². The van der Waals surface area contributed by atoms with Gasteiger partial charge >= 0.3 is 6.18 Å². The number of hydrogen-bond donors (Lipinski definition) is 0. The van der Waals surface area contributed by atoms with E-state index in [4.69, 9.17) is 0 Å². The van der Waals surface area contributed by atoms with Crippen LogP contribution < -0.4 is 4.90 Å². The molecule has 13 heteroatoms. The van der Waals surface area contributed by atoms with E-state index >= 15 is 0 Å². The van der Waals surface area contributed by atoms with Crippen molar-refractivity contribution in [1.82, 2.24) is 34.5 Å². The lowest BCUT2D eigenvalue weighted by molar-refractivity contribution is -0.137. The quantitative estimate of drug-likeness (QED) is 0.445. The number of anilines is 1. The summed E-state index contributed by atoms with van der Waals surface area (Å²) in [5.41, 5.74) is 1.21. The molecule has 0 fully saturated rings. The molecule has 4 aromatic rings. The molecule has 4 aromatic heterocycles. The van der Waals surface area contributed by atoms with Gasteiger partial charge in [0.1, 0.15) is 17.9 Å². The molecule has 0 bridgehead atoms. The van der Waals surface area contributed by atoms with Gasteiger partial charge in [-0.25, -0.2) is 33.1 Å². The second kappa shape index (κ2) is 7.50. The van der Waals surface area contributed by atoms with Crippen LogP contribution in [0.1, 0.15) is 16.8 Å². The summed E-state index contributed by atoms with van der Waals surface area (Å²) in [4.78, 5) is 14.1. The van der Waals surface area contributed by atoms with Crippen LogP contribution in [0.5, 0.6) is 0 Å². The van der Waals surface area contributed by atoms with E-state index in [2.05, 4.69) is 25.1 Å². The summed E-state index contributed by atoms with van der Waals surface area (Å²) < 4.78 is 68.2. The summed E-state index contributed by atoms with van der Waals surface area (Å²) in [5.74, 6) is 0.166. The van der Waals surface area contributed by atoms with Gasteiger partial charge in [0, 0.05) is 37.5 Å². The maximum Gasteiger partial charge on any atom is 0.419 e. The molecule has 0 saturated heterocycles. The van der Waals surface area contributed by atoms with Gasteiger partial charge in [-0.3, -0.25) is 0 Å². The van der Waals surface area contributed by atoms with E-state index in [-0.39, 0.29) is 18.0 Å². The molecule has 0 spiro atoms. The van der Waals surface area contributed by atoms with E-state index in [0.29, 0.717) is 30.0 Å². The minimum absolute atomic E-state index is 0.129. The predicted molar refractivity (Wildman–Crippen MR) is 102 cm³/mol. The molecule has 0 amide bonds. The van der Waals surface area contributed by atoms with Gasteiger partial charge in [-0.05, 0) is 12.1 Å². The average molecular weight is 450 g/mol. The van der Waals surface area contributed by atoms with Crippen molar-refractivity contribution in [3.63, 3.8) is 0 Å². The van der Waals surface area contributed by atoms with Crippen LogP contribution in [0.15, 0.2) is 36.9 Å². The summed E-state index contributed by atoms with van der Waals surface area (Å²) in [6.45, 7) is -0.109. The number of aromatic nitrogens is 7. The van der Waals surface area contributed by atoms with Crippen LogP contribution in [0.25, 0.3) is 17.0 Å². The molecule has 0 atom stereocenters. The third-order valence-electron chi connectivity index (χ3n) is 5.13. The lowest BCUT2D eigenvalue weighted by Crippen LogP contribution is -2.32. The van der Waals surface area contributed by atoms with Crippen LogP contribution in [0.3, 0.4) is 0 Å². The van der Waals surface area contributed by atoms with E-state index in [1.54, 1.807) is 11.1 Å². The highest BCUT2D eigenvalue weighted by atomic mass is 19.4. The first-order valence-corrected chi connectivity index (χ1v) is 9.61. The summed E-state index contributed by atoms with van der Waals surface area (Å²) >= 11 is 0. The van der Waals surface area contributed by atoms with E-state index < -0.39 is 24.7 Å². The second-order valence-corrected chi connectivity index (χ2v) is 7.24. The Hall–Kier alpha value is -3.64. The van der Waals surface area contributed by atoms with Gasteiger partial charge in [-0.15, -0.1) is 0 Å². The zero-order valence-corrected chi connectivity index (χ0v) is 16.3. The van der Waals surface area contributed by atoms with Gasteiger partial charge in [-0.1, -0.05) is 0 Å². The first kappa shape index (κ1) is 20.3. The van der Waals surface area contributed by atoms with Crippen LogP contribution in [0.4, 0.5) is 27.8 Å². The molecular weight excluding hydrogens is 435 g/mol. The second-order valence-electron chi connectivity index (χ2n) is 7.24. The molecule has 32 heavy (non-hydrogen) atoms. The Morgan fingerprint density at radius 3 is 2.75 bits per heavy atom. The largest absolute Gasteiger partial charge is 0.419 e. The van der Waals surface area contributed by atoms with Crippen LogP contribution >= 0.6 is 0 Å². The summed E-state index contributed by atoms with van der Waals surface area (Å²) in [7, 11) is 0. The van der Waals surface area contributed by atoms with Crippen molar-refractivity contribution in [2.45, 2.75) is 32.1 Å². The summed E-state index contributed by atoms with van der Waals surface area (Å²) in [6.07, 6.45) is -0.924. The highest BCUT2D eigenvalue weighted by Crippen LogP contribution is 2.36. The first-order valence-electron chi connectivity index (χ1n) is 9.61. The Kier molecular flexibility index (Phi) is 4.75. The average Bonchev–Trinajstić information content (AvgIpc) is 3.36. The van der Waals surface area contributed by atoms with Crippen molar-refractivity contribution in [2.75, 3.05) is 11.4 Å². The molecule has 0 aromatic carbocycles. The fourth-order valence-corrected chi connectivity index (χ4v) is 3.70. The molecule has 0 radical (unpaired) electrons. The number of halogens is 5. The zero-order valence-electron chi connectivity index (χ0n) is 16.3. The number of fused-ring (bicyclic) bond motifs is 2. The number of alkyl halides is 5. The topological polar surface area (TPSA) is 77.5 Å². The fraction of sp³-hybridized carbons (Fsp3) is 0.316. The maximum absolute atomic E-state index is 13.4. The molecule has 0 aliphatic carbocycles. The van der Waals surface area contributed by atoms with Crippen LogP contribution in [-0.4, -0.2) is 47.5 Å². The summed E-state index contributed by atoms with van der Waals surface area (Å²) in [6, 6.07) is 2.27. The van der Waals surface area contributed by atoms with Crippen molar-refractivity contribution in [3.05, 3.63) is 53.7 Å². The number of pyridine rings is 1. The van der Waals surface area contributed by atoms with Gasteiger partial charge in [0.25, 0.3) is 6.43 Å². The summed E-state index contributed by atoms with van der Waals surface area (Å²) in [5, 5.41) is 8.35. The fourth-order valence-electron chi connectivity index (χ4n) is 3.70. The zero-order chi connectivity index (χ0) is 22.5. The van der Waals surface area contributed by atoms with Gasteiger partial charge in [-0.2, -0.15) is 23.4 Å². The molecule has 0 unspecified atom stereocenters. The maximum atomic E-state index is 13.4. The van der Waals surface area contributed by atoms with Crippen molar-refractivity contribution in [2.24, 2.45) is 0 Å². The van der Waals surface area contributed by atoms with Crippen LogP contribution in [0.2, 0.25) is 0 Å². The Balaban J connectivity index is 1.46. The number of hydrogen-bond acceptors (Lipinski definition) is 6. The molecule has 5 heterocycles. The van der Waals surface area contributed by atoms with E-state index in [1.165, 1.54) is 29.3 Å². The van der Waals surface area contributed by atoms with Gasteiger partial charge in [0.2, 0.25) is 0 Å². The standard InChI is InChI=1S/C19H15F5N8/c20-15(21)10-32-18-14(6-27-32)26-7-16(28-18)31-9-11-8-30(5-3-13(11)29-31)17-12(19(22,23)24)2-1-4-25-17/h1-2,4,6-7,9,15H,3,5,8,10H2. The van der Waals surface area contributed by atoms with Crippen molar-refractivity contribution < 1.29 is 22.0 Å². The normalized spacial score (nSPS) is 14.4. The Labute approximate surface area is 177 Å². The molecule has 166 valence electrons. The van der Waals surface area contributed by atoms with Gasteiger partial charge in [0.15, 0.2) is 11.5 Å². The first-order chi connectivity index (χ1) is 15.3. The van der Waals surface area contributed by atoms with E-state index in [0.717, 1.165) is 16.3 Å². The third-order valence-corrected chi connectivity index (χ3v) is 5.13. The molecule has 8 nitrogen and oxygen atoms in total. The lowest BCUT2D eigenvalue weighted by atomic mass is 10.1. The third kappa shape index (κ3) is 3.63. The Bertz CT molecular complexity index is 1280. The van der Waals surface area contributed by atoms with Crippen LogP contribution in [0, 0.1) is 0 Å². The highest BCUT2D eigenvalue weighted by Gasteiger charge is 2.36. The van der Waals surface area contributed by atoms with E-state index in [9.17, 15) is 22.0 Å². The molecular formula is C19H15F5N8. The Morgan fingerprint density at radius 2 is 1.97 bits per heavy atom. The molecule has 0 N–H and O–H groups in total. The van der Waals surface area contributed by atoms with Crippen molar-refractivity contribution >= 4 is 17.0 Å². The lowest BCUT2D eigenvalue weighted by Gasteiger charge is -2.29. The molecule has 1 aliphatic rings. The van der Waals surface area contributed by atoms with Crippen molar-refractivity contribution in [1.29, 1.82) is 0 Å².